The first-order valence-electron chi connectivity index (χ1n) is 9.75. The van der Waals surface area contributed by atoms with Gasteiger partial charge in [0.25, 0.3) is 5.91 Å². The van der Waals surface area contributed by atoms with Crippen LogP contribution in [-0.4, -0.2) is 44.2 Å². The lowest BCUT2D eigenvalue weighted by molar-refractivity contribution is 0.0713. The minimum atomic E-state index is 0.0908. The fourth-order valence-corrected chi connectivity index (χ4v) is 3.66. The van der Waals surface area contributed by atoms with E-state index in [1.165, 1.54) is 5.56 Å². The molecule has 5 heteroatoms. The quantitative estimate of drug-likeness (QED) is 0.774. The van der Waals surface area contributed by atoms with Gasteiger partial charge in [0.2, 0.25) is 0 Å². The number of rotatable bonds is 6. The van der Waals surface area contributed by atoms with Crippen LogP contribution in [0.15, 0.2) is 42.5 Å². The molecule has 0 aromatic heterocycles. The van der Waals surface area contributed by atoms with Gasteiger partial charge in [-0.3, -0.25) is 4.79 Å². The molecular formula is C23H27N3O2. The Labute approximate surface area is 166 Å². The number of hydrogen-bond donors (Lipinski definition) is 1. The number of aryl methyl sites for hydroxylation is 1. The zero-order valence-electron chi connectivity index (χ0n) is 16.6. The molecule has 5 nitrogen and oxygen atoms in total. The molecule has 0 aliphatic carbocycles. The van der Waals surface area contributed by atoms with Crippen LogP contribution in [0.1, 0.15) is 45.8 Å². The summed E-state index contributed by atoms with van der Waals surface area (Å²) >= 11 is 0. The lowest BCUT2D eigenvalue weighted by atomic mass is 9.89. The van der Waals surface area contributed by atoms with Crippen LogP contribution in [0, 0.1) is 18.3 Å². The Bertz CT molecular complexity index is 847. The Morgan fingerprint density at radius 1 is 1.21 bits per heavy atom. The lowest BCUT2D eigenvalue weighted by Gasteiger charge is -2.32. The standard InChI is InChI=1S/C23H27N3O2/c1-17-3-6-21(15-22(17)25-11-14-28-2)23(27)26-12-9-20(10-13-26)19-7-4-18(16-24)5-8-19/h3-8,15,20,25H,9-14H2,1-2H3. The summed E-state index contributed by atoms with van der Waals surface area (Å²) in [6, 6.07) is 15.8. The molecule has 1 heterocycles. The van der Waals surface area contributed by atoms with Crippen LogP contribution in [0.3, 0.4) is 0 Å². The molecule has 1 N–H and O–H groups in total. The van der Waals surface area contributed by atoms with Crippen molar-refractivity contribution in [2.24, 2.45) is 0 Å². The molecule has 0 atom stereocenters. The molecule has 1 aliphatic heterocycles. The van der Waals surface area contributed by atoms with Crippen LogP contribution in [0.5, 0.6) is 0 Å². The number of carbonyl (C=O) groups is 1. The maximum atomic E-state index is 13.0. The van der Waals surface area contributed by atoms with E-state index in [1.807, 2.05) is 54.3 Å². The zero-order chi connectivity index (χ0) is 19.9. The summed E-state index contributed by atoms with van der Waals surface area (Å²) in [4.78, 5) is 14.9. The topological polar surface area (TPSA) is 65.4 Å². The van der Waals surface area contributed by atoms with E-state index in [0.29, 0.717) is 24.6 Å². The molecule has 146 valence electrons. The van der Waals surface area contributed by atoms with Gasteiger partial charge in [0.1, 0.15) is 0 Å². The van der Waals surface area contributed by atoms with E-state index in [0.717, 1.165) is 42.7 Å². The Hall–Kier alpha value is -2.84. The van der Waals surface area contributed by atoms with Crippen molar-refractivity contribution in [1.29, 1.82) is 5.26 Å². The molecule has 1 aliphatic rings. The molecule has 1 fully saturated rings. The number of hydrogen-bond acceptors (Lipinski definition) is 4. The molecule has 0 unspecified atom stereocenters. The first kappa shape index (κ1) is 19.9. The Balaban J connectivity index is 1.61. The molecule has 1 saturated heterocycles. The van der Waals surface area contributed by atoms with Gasteiger partial charge in [-0.05, 0) is 61.1 Å². The number of piperidine rings is 1. The molecular weight excluding hydrogens is 350 g/mol. The number of carbonyl (C=O) groups excluding carboxylic acids is 1. The fraction of sp³-hybridized carbons (Fsp3) is 0.391. The first-order chi connectivity index (χ1) is 13.6. The summed E-state index contributed by atoms with van der Waals surface area (Å²) < 4.78 is 5.08. The number of nitrogens with one attached hydrogen (secondary N) is 1. The molecule has 28 heavy (non-hydrogen) atoms. The largest absolute Gasteiger partial charge is 0.383 e. The highest BCUT2D eigenvalue weighted by Gasteiger charge is 2.24. The van der Waals surface area contributed by atoms with Crippen LogP contribution < -0.4 is 5.32 Å². The van der Waals surface area contributed by atoms with Gasteiger partial charge in [-0.15, -0.1) is 0 Å². The second-order valence-electron chi connectivity index (χ2n) is 7.25. The van der Waals surface area contributed by atoms with Crippen LogP contribution in [0.2, 0.25) is 0 Å². The van der Waals surface area contributed by atoms with Gasteiger partial charge in [-0.25, -0.2) is 0 Å². The summed E-state index contributed by atoms with van der Waals surface area (Å²) in [5, 5.41) is 12.3. The molecule has 0 saturated carbocycles. The Kier molecular flexibility index (Phi) is 6.67. The monoisotopic (exact) mass is 377 g/mol. The Morgan fingerprint density at radius 3 is 2.57 bits per heavy atom. The maximum absolute atomic E-state index is 13.0. The van der Waals surface area contributed by atoms with Crippen LogP contribution in [0.25, 0.3) is 0 Å². The third-order valence-corrected chi connectivity index (χ3v) is 5.40. The highest BCUT2D eigenvalue weighted by Crippen LogP contribution is 2.29. The first-order valence-corrected chi connectivity index (χ1v) is 9.75. The number of likely N-dealkylation sites (tertiary alicyclic amines) is 1. The highest BCUT2D eigenvalue weighted by atomic mass is 16.5. The average Bonchev–Trinajstić information content (AvgIpc) is 2.75. The van der Waals surface area contributed by atoms with E-state index >= 15 is 0 Å². The number of amides is 1. The van der Waals surface area contributed by atoms with Gasteiger partial charge >= 0.3 is 0 Å². The summed E-state index contributed by atoms with van der Waals surface area (Å²) in [7, 11) is 1.68. The number of ether oxygens (including phenoxy) is 1. The zero-order valence-corrected chi connectivity index (χ0v) is 16.6. The minimum absolute atomic E-state index is 0.0908. The van der Waals surface area contributed by atoms with E-state index in [4.69, 9.17) is 10.00 Å². The Morgan fingerprint density at radius 2 is 1.93 bits per heavy atom. The predicted molar refractivity (Wildman–Crippen MR) is 111 cm³/mol. The van der Waals surface area contributed by atoms with E-state index in [-0.39, 0.29) is 5.91 Å². The molecule has 0 radical (unpaired) electrons. The number of benzene rings is 2. The predicted octanol–water partition coefficient (Wildman–Crippen LogP) is 3.94. The van der Waals surface area contributed by atoms with Crippen LogP contribution in [-0.2, 0) is 4.74 Å². The van der Waals surface area contributed by atoms with Gasteiger partial charge in [0.05, 0.1) is 18.2 Å². The second kappa shape index (κ2) is 9.38. The van der Waals surface area contributed by atoms with Crippen molar-refractivity contribution in [3.05, 3.63) is 64.7 Å². The summed E-state index contributed by atoms with van der Waals surface area (Å²) in [6.45, 7) is 4.88. The van der Waals surface area contributed by atoms with E-state index in [1.54, 1.807) is 7.11 Å². The van der Waals surface area contributed by atoms with Crippen molar-refractivity contribution >= 4 is 11.6 Å². The number of anilines is 1. The van der Waals surface area contributed by atoms with Crippen molar-refractivity contribution in [2.45, 2.75) is 25.7 Å². The second-order valence-corrected chi connectivity index (χ2v) is 7.25. The molecule has 2 aromatic carbocycles. The van der Waals surface area contributed by atoms with Crippen molar-refractivity contribution < 1.29 is 9.53 Å². The third kappa shape index (κ3) is 4.71. The van der Waals surface area contributed by atoms with Crippen LogP contribution in [0.4, 0.5) is 5.69 Å². The van der Waals surface area contributed by atoms with Gasteiger partial charge in [-0.1, -0.05) is 18.2 Å². The van der Waals surface area contributed by atoms with E-state index in [9.17, 15) is 4.79 Å². The maximum Gasteiger partial charge on any atom is 0.253 e. The number of nitriles is 1. The van der Waals surface area contributed by atoms with Gasteiger partial charge in [-0.2, -0.15) is 5.26 Å². The molecule has 2 aromatic rings. The van der Waals surface area contributed by atoms with Gasteiger partial charge < -0.3 is 15.0 Å². The molecule has 0 spiro atoms. The summed E-state index contributed by atoms with van der Waals surface area (Å²) in [5.74, 6) is 0.536. The van der Waals surface area contributed by atoms with Crippen molar-refractivity contribution in [3.8, 4) is 6.07 Å². The lowest BCUT2D eigenvalue weighted by Crippen LogP contribution is -2.38. The summed E-state index contributed by atoms with van der Waals surface area (Å²) in [5.41, 5.74) is 4.77. The van der Waals surface area contributed by atoms with E-state index < -0.39 is 0 Å². The van der Waals surface area contributed by atoms with Crippen molar-refractivity contribution in [1.82, 2.24) is 4.90 Å². The van der Waals surface area contributed by atoms with Crippen molar-refractivity contribution in [2.75, 3.05) is 38.7 Å². The van der Waals surface area contributed by atoms with Crippen molar-refractivity contribution in [3.63, 3.8) is 0 Å². The number of methoxy groups -OCH3 is 1. The highest BCUT2D eigenvalue weighted by molar-refractivity contribution is 5.95. The fourth-order valence-electron chi connectivity index (χ4n) is 3.66. The molecule has 0 bridgehead atoms. The number of nitrogens with zero attached hydrogens (tertiary/aromatic N) is 2. The molecule has 3 rings (SSSR count). The van der Waals surface area contributed by atoms with Gasteiger partial charge in [0.15, 0.2) is 0 Å². The SMILES string of the molecule is COCCNc1cc(C(=O)N2CCC(c3ccc(C#N)cc3)CC2)ccc1C. The van der Waals surface area contributed by atoms with Crippen LogP contribution >= 0.6 is 0 Å². The summed E-state index contributed by atoms with van der Waals surface area (Å²) in [6.07, 6.45) is 1.89. The molecule has 1 amide bonds. The third-order valence-electron chi connectivity index (χ3n) is 5.40. The van der Waals surface area contributed by atoms with Gasteiger partial charge in [0, 0.05) is 38.0 Å². The average molecular weight is 377 g/mol. The minimum Gasteiger partial charge on any atom is -0.383 e. The smallest absolute Gasteiger partial charge is 0.253 e. The normalized spacial score (nSPS) is 14.5. The van der Waals surface area contributed by atoms with E-state index in [2.05, 4.69) is 11.4 Å².